The maximum absolute atomic E-state index is 13.0. The van der Waals surface area contributed by atoms with E-state index in [0.29, 0.717) is 32.4 Å². The molecule has 6 rings (SSSR count). The smallest absolute Gasteiger partial charge is 0.345 e. The first-order valence-corrected chi connectivity index (χ1v) is 14.6. The molecular formula is C33H21N3O3S2. The van der Waals surface area contributed by atoms with Crippen LogP contribution in [0.1, 0.15) is 15.4 Å². The molecule has 198 valence electrons. The number of thiazole rings is 1. The van der Waals surface area contributed by atoms with Crippen LogP contribution < -0.4 is 10.9 Å². The van der Waals surface area contributed by atoms with Crippen LogP contribution in [-0.2, 0) is 0 Å². The van der Waals surface area contributed by atoms with Gasteiger partial charge in [-0.3, -0.25) is 4.79 Å². The molecule has 0 aliphatic heterocycles. The van der Waals surface area contributed by atoms with Gasteiger partial charge in [0.15, 0.2) is 5.78 Å². The van der Waals surface area contributed by atoms with Gasteiger partial charge < -0.3 is 9.73 Å². The zero-order chi connectivity index (χ0) is 28.2. The fourth-order valence-electron chi connectivity index (χ4n) is 4.43. The van der Waals surface area contributed by atoms with Gasteiger partial charge in [-0.15, -0.1) is 11.3 Å². The van der Waals surface area contributed by atoms with Gasteiger partial charge in [-0.2, -0.15) is 5.26 Å². The predicted molar refractivity (Wildman–Crippen MR) is 167 cm³/mol. The lowest BCUT2D eigenvalue weighted by Gasteiger charge is -2.12. The zero-order valence-electron chi connectivity index (χ0n) is 21.5. The third-order valence-corrected chi connectivity index (χ3v) is 8.31. The number of benzene rings is 4. The van der Waals surface area contributed by atoms with Gasteiger partial charge in [-0.25, -0.2) is 9.78 Å². The molecule has 2 aromatic heterocycles. The molecule has 8 heteroatoms. The van der Waals surface area contributed by atoms with E-state index in [9.17, 15) is 14.9 Å². The van der Waals surface area contributed by atoms with E-state index in [-0.39, 0.29) is 17.1 Å². The Morgan fingerprint density at radius 2 is 1.66 bits per heavy atom. The van der Waals surface area contributed by atoms with Crippen LogP contribution >= 0.6 is 23.1 Å². The summed E-state index contributed by atoms with van der Waals surface area (Å²) in [6.45, 7) is 0. The van der Waals surface area contributed by atoms with Gasteiger partial charge in [0.05, 0.1) is 22.0 Å². The Balaban J connectivity index is 1.39. The Morgan fingerprint density at radius 3 is 2.44 bits per heavy atom. The number of allylic oxidation sites excluding steroid dienone is 1. The Bertz CT molecular complexity index is 2020. The fraction of sp³-hybridized carbons (Fsp3) is 0.0303. The fourth-order valence-corrected chi connectivity index (χ4v) is 6.23. The first-order chi connectivity index (χ1) is 20.1. The van der Waals surface area contributed by atoms with Crippen molar-refractivity contribution in [3.8, 4) is 17.3 Å². The Morgan fingerprint density at radius 1 is 0.927 bits per heavy atom. The minimum Gasteiger partial charge on any atom is -0.422 e. The molecule has 4 aromatic carbocycles. The molecule has 0 saturated carbocycles. The van der Waals surface area contributed by atoms with Crippen LogP contribution in [0.5, 0.6) is 0 Å². The van der Waals surface area contributed by atoms with Crippen LogP contribution in [-0.4, -0.2) is 16.5 Å². The van der Waals surface area contributed by atoms with Gasteiger partial charge >= 0.3 is 5.63 Å². The van der Waals surface area contributed by atoms with Crippen molar-refractivity contribution < 1.29 is 9.21 Å². The first-order valence-electron chi connectivity index (χ1n) is 12.7. The van der Waals surface area contributed by atoms with Crippen LogP contribution in [0, 0.1) is 11.3 Å². The zero-order valence-corrected chi connectivity index (χ0v) is 23.2. The van der Waals surface area contributed by atoms with Gasteiger partial charge in [0.25, 0.3) is 0 Å². The second-order valence-corrected chi connectivity index (χ2v) is 10.9. The number of rotatable bonds is 8. The molecule has 0 unspecified atom stereocenters. The minimum atomic E-state index is -0.502. The highest BCUT2D eigenvalue weighted by Crippen LogP contribution is 2.33. The van der Waals surface area contributed by atoms with Crippen molar-refractivity contribution in [3.05, 3.63) is 135 Å². The summed E-state index contributed by atoms with van der Waals surface area (Å²) < 4.78 is 5.66. The quantitative estimate of drug-likeness (QED) is 0.0856. The normalized spacial score (nSPS) is 11.7. The molecule has 0 saturated heterocycles. The van der Waals surface area contributed by atoms with Crippen molar-refractivity contribution in [2.24, 2.45) is 0 Å². The topological polar surface area (TPSA) is 96.0 Å². The van der Waals surface area contributed by atoms with Crippen molar-refractivity contribution in [2.75, 3.05) is 11.1 Å². The Labute approximate surface area is 243 Å². The van der Waals surface area contributed by atoms with E-state index < -0.39 is 5.63 Å². The van der Waals surface area contributed by atoms with Crippen LogP contribution in [0.4, 0.5) is 5.69 Å². The molecule has 0 aliphatic carbocycles. The Kier molecular flexibility index (Phi) is 7.46. The van der Waals surface area contributed by atoms with Gasteiger partial charge in [0, 0.05) is 22.0 Å². The molecule has 0 fully saturated rings. The molecule has 0 amide bonds. The third kappa shape index (κ3) is 5.54. The molecule has 0 radical (unpaired) electrons. The van der Waals surface area contributed by atoms with E-state index >= 15 is 0 Å². The number of para-hydroxylation sites is 1. The van der Waals surface area contributed by atoms with E-state index in [1.54, 1.807) is 29.6 Å². The second kappa shape index (κ2) is 11.6. The third-order valence-electron chi connectivity index (χ3n) is 6.45. The molecule has 1 N–H and O–H groups in total. The summed E-state index contributed by atoms with van der Waals surface area (Å²) in [6, 6.07) is 34.2. The van der Waals surface area contributed by atoms with Crippen molar-refractivity contribution in [3.63, 3.8) is 0 Å². The summed E-state index contributed by atoms with van der Waals surface area (Å²) >= 11 is 2.50. The van der Waals surface area contributed by atoms with Crippen molar-refractivity contribution in [1.82, 2.24) is 4.98 Å². The number of nitrogens with zero attached hydrogens (tertiary/aromatic N) is 2. The van der Waals surface area contributed by atoms with E-state index in [0.717, 1.165) is 21.8 Å². The average Bonchev–Trinajstić information content (AvgIpc) is 3.50. The molecule has 0 atom stereocenters. The van der Waals surface area contributed by atoms with Gasteiger partial charge in [-0.05, 0) is 35.0 Å². The van der Waals surface area contributed by atoms with Gasteiger partial charge in [-0.1, -0.05) is 90.6 Å². The molecular weight excluding hydrogens is 551 g/mol. The van der Waals surface area contributed by atoms with E-state index in [2.05, 4.69) is 16.4 Å². The number of ketones is 1. The van der Waals surface area contributed by atoms with Gasteiger partial charge in [0.1, 0.15) is 22.2 Å². The van der Waals surface area contributed by atoms with Crippen molar-refractivity contribution in [2.45, 2.75) is 0 Å². The summed E-state index contributed by atoms with van der Waals surface area (Å²) in [6.07, 6.45) is 0. The number of aromatic nitrogens is 1. The number of thioether (sulfide) groups is 1. The SMILES string of the molecule is N#C/C(=C(/Nc1ccccc1)SCC(=O)c1ccccc1)c1nc(-c2cc3c(ccc4ccccc43)oc2=O)cs1. The largest absolute Gasteiger partial charge is 0.422 e. The molecule has 0 aliphatic rings. The summed E-state index contributed by atoms with van der Waals surface area (Å²) in [4.78, 5) is 30.5. The Hall–Kier alpha value is -4.97. The lowest BCUT2D eigenvalue weighted by molar-refractivity contribution is 0.102. The summed E-state index contributed by atoms with van der Waals surface area (Å²) in [5.74, 6) is 0.0743. The maximum Gasteiger partial charge on any atom is 0.345 e. The highest BCUT2D eigenvalue weighted by Gasteiger charge is 2.19. The highest BCUT2D eigenvalue weighted by molar-refractivity contribution is 8.04. The number of carbonyl (C=O) groups excluding carboxylic acids is 1. The van der Waals surface area contributed by atoms with Crippen LogP contribution in [0.3, 0.4) is 0 Å². The molecule has 0 bridgehead atoms. The first kappa shape index (κ1) is 26.3. The predicted octanol–water partition coefficient (Wildman–Crippen LogP) is 7.99. The number of Topliss-reactive ketones (excluding diaryl/α,β-unsaturated/α-hetero) is 1. The number of nitrogens with one attached hydrogen (secondary N) is 1. The van der Waals surface area contributed by atoms with E-state index in [4.69, 9.17) is 4.42 Å². The molecule has 41 heavy (non-hydrogen) atoms. The lowest BCUT2D eigenvalue weighted by atomic mass is 10.0. The summed E-state index contributed by atoms with van der Waals surface area (Å²) in [5, 5.41) is 19.0. The molecule has 6 aromatic rings. The van der Waals surface area contributed by atoms with Crippen molar-refractivity contribution >= 4 is 61.9 Å². The van der Waals surface area contributed by atoms with Gasteiger partial charge in [0.2, 0.25) is 0 Å². The lowest BCUT2D eigenvalue weighted by Crippen LogP contribution is -2.07. The second-order valence-electron chi connectivity index (χ2n) is 9.07. The standard InChI is InChI=1S/C33H21N3O3S2/c34-18-27(31(35-23-12-5-2-6-13-23)41-20-29(37)22-10-3-1-4-11-22)32-36-28(19-40-32)26-17-25-24-14-8-7-9-21(24)15-16-30(25)39-33(26)38/h1-17,19,35H,20H2/b31-27+. The molecule has 6 nitrogen and oxygen atoms in total. The average molecular weight is 572 g/mol. The number of anilines is 1. The number of nitriles is 1. The molecule has 2 heterocycles. The monoisotopic (exact) mass is 571 g/mol. The van der Waals surface area contributed by atoms with E-state index in [1.807, 2.05) is 78.9 Å². The number of fused-ring (bicyclic) bond motifs is 3. The van der Waals surface area contributed by atoms with Crippen molar-refractivity contribution in [1.29, 1.82) is 5.26 Å². The van der Waals surface area contributed by atoms with Crippen LogP contribution in [0.15, 0.2) is 123 Å². The number of carbonyl (C=O) groups is 1. The van der Waals surface area contributed by atoms with Crippen LogP contribution in [0.2, 0.25) is 0 Å². The van der Waals surface area contributed by atoms with E-state index in [1.165, 1.54) is 23.1 Å². The number of hydrogen-bond acceptors (Lipinski definition) is 8. The summed E-state index contributed by atoms with van der Waals surface area (Å²) in [7, 11) is 0. The van der Waals surface area contributed by atoms with Crippen LogP contribution in [0.25, 0.3) is 38.6 Å². The maximum atomic E-state index is 13.0. The number of hydrogen-bond donors (Lipinski definition) is 1. The molecule has 0 spiro atoms. The highest BCUT2D eigenvalue weighted by atomic mass is 32.2. The summed E-state index contributed by atoms with van der Waals surface area (Å²) in [5.41, 5.74) is 2.39. The minimum absolute atomic E-state index is 0.0546.